The monoisotopic (exact) mass is 405 g/mol. The predicted molar refractivity (Wildman–Crippen MR) is 113 cm³/mol. The van der Waals surface area contributed by atoms with Gasteiger partial charge in [0.25, 0.3) is 5.91 Å². The van der Waals surface area contributed by atoms with E-state index in [2.05, 4.69) is 27.1 Å². The molecule has 1 amide bonds. The maximum absolute atomic E-state index is 12.4. The third-order valence-electron chi connectivity index (χ3n) is 4.65. The van der Waals surface area contributed by atoms with E-state index in [9.17, 15) is 4.79 Å². The fourth-order valence-electron chi connectivity index (χ4n) is 3.13. The second kappa shape index (κ2) is 8.98. The number of aliphatic imine (C=N–C) groups is 1. The van der Waals surface area contributed by atoms with E-state index in [0.29, 0.717) is 21.6 Å². The fourth-order valence-corrected chi connectivity index (χ4v) is 4.20. The van der Waals surface area contributed by atoms with Gasteiger partial charge < -0.3 is 4.42 Å². The fraction of sp³-hybridized carbons (Fsp3) is 0.182. The number of amides is 1. The van der Waals surface area contributed by atoms with Crippen LogP contribution in [0.15, 0.2) is 88.6 Å². The van der Waals surface area contributed by atoms with Crippen LogP contribution in [0.25, 0.3) is 0 Å². The van der Waals surface area contributed by atoms with Crippen molar-refractivity contribution < 1.29 is 13.1 Å². The van der Waals surface area contributed by atoms with E-state index in [1.165, 1.54) is 11.9 Å². The Morgan fingerprint density at radius 2 is 1.83 bits per heavy atom. The smallest absolute Gasteiger partial charge is 0.283 e. The van der Waals surface area contributed by atoms with Gasteiger partial charge in [0.2, 0.25) is 6.34 Å². The van der Waals surface area contributed by atoms with Gasteiger partial charge in [-0.05, 0) is 23.3 Å². The van der Waals surface area contributed by atoms with Crippen molar-refractivity contribution in [3.8, 4) is 0 Å². The summed E-state index contributed by atoms with van der Waals surface area (Å²) in [6, 6.07) is 14.2. The van der Waals surface area contributed by atoms with Crippen molar-refractivity contribution in [1.82, 2.24) is 9.97 Å². The van der Waals surface area contributed by atoms with Gasteiger partial charge in [-0.1, -0.05) is 30.3 Å². The Kier molecular flexibility index (Phi) is 5.97. The van der Waals surface area contributed by atoms with Gasteiger partial charge in [-0.3, -0.25) is 4.79 Å². The van der Waals surface area contributed by atoms with Gasteiger partial charge in [0.05, 0.1) is 23.8 Å². The average Bonchev–Trinajstić information content (AvgIpc) is 3.29. The van der Waals surface area contributed by atoms with Crippen molar-refractivity contribution in [2.75, 3.05) is 6.54 Å². The van der Waals surface area contributed by atoms with Gasteiger partial charge >= 0.3 is 0 Å². The molecule has 0 radical (unpaired) electrons. The number of nitrogens with zero attached hydrogens (tertiary/aromatic N) is 4. The minimum absolute atomic E-state index is 0.207. The summed E-state index contributed by atoms with van der Waals surface area (Å²) in [6.45, 7) is 0.779. The van der Waals surface area contributed by atoms with Gasteiger partial charge in [0.1, 0.15) is 30.6 Å². The number of hydrogen-bond donors (Lipinski definition) is 0. The van der Waals surface area contributed by atoms with Crippen LogP contribution in [0.1, 0.15) is 16.9 Å². The van der Waals surface area contributed by atoms with Crippen molar-refractivity contribution in [3.63, 3.8) is 0 Å². The van der Waals surface area contributed by atoms with Gasteiger partial charge in [0.15, 0.2) is 0 Å². The first-order valence-corrected chi connectivity index (χ1v) is 10.3. The number of furan rings is 1. The largest absolute Gasteiger partial charge is 0.468 e. The molecule has 1 aromatic carbocycles. The van der Waals surface area contributed by atoms with Crippen LogP contribution in [-0.2, 0) is 23.4 Å². The molecule has 3 heterocycles. The molecule has 0 saturated heterocycles. The molecule has 0 N–H and O–H groups in total. The van der Waals surface area contributed by atoms with Crippen LogP contribution < -0.4 is 0 Å². The van der Waals surface area contributed by atoms with Gasteiger partial charge in [0, 0.05) is 25.2 Å². The molecule has 0 saturated carbocycles. The standard InChI is InChI=1S/C22H21N4O2S/c27-22-20(11-19-12-23-16-24-13-19)14-26(17-25-22,29-15-21-7-4-10-28-21)9-8-18-5-2-1-3-6-18/h1-7,10,12-14,16-17H,8-9,11,15H2/q+1. The molecule has 1 atom stereocenters. The van der Waals surface area contributed by atoms with Crippen molar-refractivity contribution in [2.24, 2.45) is 4.99 Å². The Labute approximate surface area is 173 Å². The number of carbonyl (C=O) groups excluding carboxylic acids is 1. The predicted octanol–water partition coefficient (Wildman–Crippen LogP) is 3.97. The SMILES string of the molecule is O=C1N=C[N+](CCc2ccccc2)(SCc2ccco2)C=C1Cc1cncnc1. The maximum atomic E-state index is 12.4. The summed E-state index contributed by atoms with van der Waals surface area (Å²) < 4.78 is 5.92. The van der Waals surface area contributed by atoms with Gasteiger partial charge in [-0.15, -0.1) is 0 Å². The molecule has 3 aromatic rings. The molecule has 6 nitrogen and oxygen atoms in total. The summed E-state index contributed by atoms with van der Waals surface area (Å²) in [4.78, 5) is 24.8. The summed E-state index contributed by atoms with van der Waals surface area (Å²) in [5.74, 6) is 1.37. The van der Waals surface area contributed by atoms with Crippen LogP contribution in [-0.4, -0.2) is 32.6 Å². The highest BCUT2D eigenvalue weighted by molar-refractivity contribution is 7.93. The Hall–Kier alpha value is -3.03. The Morgan fingerprint density at radius 1 is 1.00 bits per heavy atom. The number of quaternary nitrogens is 1. The second-order valence-corrected chi connectivity index (χ2v) is 8.02. The number of aromatic nitrogens is 2. The third-order valence-corrected chi connectivity index (χ3v) is 5.92. The molecule has 0 spiro atoms. The Morgan fingerprint density at radius 3 is 2.59 bits per heavy atom. The highest BCUT2D eigenvalue weighted by Gasteiger charge is 2.33. The minimum atomic E-state index is -0.207. The summed E-state index contributed by atoms with van der Waals surface area (Å²) in [5.41, 5.74) is 2.80. The van der Waals surface area contributed by atoms with Crippen molar-refractivity contribution in [2.45, 2.75) is 18.6 Å². The number of carbonyl (C=O) groups is 1. The molecule has 146 valence electrons. The summed E-state index contributed by atoms with van der Waals surface area (Å²) in [6.07, 6.45) is 11.7. The first-order valence-electron chi connectivity index (χ1n) is 9.36. The van der Waals surface area contributed by atoms with Crippen LogP contribution in [0, 0.1) is 0 Å². The lowest BCUT2D eigenvalue weighted by molar-refractivity contribution is -0.630. The van der Waals surface area contributed by atoms with Crippen molar-refractivity contribution in [3.05, 3.63) is 96.1 Å². The van der Waals surface area contributed by atoms with E-state index in [4.69, 9.17) is 4.42 Å². The minimum Gasteiger partial charge on any atom is -0.468 e. The molecule has 0 bridgehead atoms. The van der Waals surface area contributed by atoms with E-state index < -0.39 is 0 Å². The highest BCUT2D eigenvalue weighted by atomic mass is 32.2. The molecular formula is C22H21N4O2S+. The zero-order chi connectivity index (χ0) is 19.9. The van der Waals surface area contributed by atoms with Crippen LogP contribution >= 0.6 is 11.9 Å². The molecule has 0 aliphatic carbocycles. The summed E-state index contributed by atoms with van der Waals surface area (Å²) in [5, 5.41) is 0. The quantitative estimate of drug-likeness (QED) is 0.419. The molecule has 29 heavy (non-hydrogen) atoms. The zero-order valence-electron chi connectivity index (χ0n) is 15.8. The van der Waals surface area contributed by atoms with E-state index in [1.807, 2.05) is 36.5 Å². The van der Waals surface area contributed by atoms with Crippen LogP contribution in [0.5, 0.6) is 0 Å². The van der Waals surface area contributed by atoms with E-state index >= 15 is 0 Å². The first-order chi connectivity index (χ1) is 14.2. The Balaban J connectivity index is 1.58. The molecule has 2 aromatic heterocycles. The summed E-state index contributed by atoms with van der Waals surface area (Å²) >= 11 is 1.67. The normalized spacial score (nSPS) is 18.6. The number of hydrogen-bond acceptors (Lipinski definition) is 5. The van der Waals surface area contributed by atoms with Crippen LogP contribution in [0.2, 0.25) is 0 Å². The molecule has 1 aliphatic rings. The van der Waals surface area contributed by atoms with Crippen LogP contribution in [0.3, 0.4) is 0 Å². The highest BCUT2D eigenvalue weighted by Crippen LogP contribution is 2.31. The van der Waals surface area contributed by atoms with E-state index in [-0.39, 0.29) is 5.91 Å². The lowest BCUT2D eigenvalue weighted by atomic mass is 10.1. The molecule has 1 unspecified atom stereocenters. The molecule has 0 fully saturated rings. The first kappa shape index (κ1) is 19.3. The third kappa shape index (κ3) is 5.07. The number of benzene rings is 1. The molecule has 1 aliphatic heterocycles. The number of rotatable bonds is 8. The van der Waals surface area contributed by atoms with Crippen molar-refractivity contribution in [1.29, 1.82) is 0 Å². The van der Waals surface area contributed by atoms with E-state index in [0.717, 1.165) is 24.3 Å². The average molecular weight is 406 g/mol. The lowest BCUT2D eigenvalue weighted by Gasteiger charge is -2.29. The Bertz CT molecular complexity index is 1000. The zero-order valence-corrected chi connectivity index (χ0v) is 16.7. The lowest BCUT2D eigenvalue weighted by Crippen LogP contribution is -2.40. The van der Waals surface area contributed by atoms with Crippen molar-refractivity contribution >= 4 is 24.2 Å². The molecule has 4 rings (SSSR count). The maximum Gasteiger partial charge on any atom is 0.283 e. The second-order valence-electron chi connectivity index (χ2n) is 6.79. The van der Waals surface area contributed by atoms with Gasteiger partial charge in [-0.2, -0.15) is 8.88 Å². The van der Waals surface area contributed by atoms with E-state index in [1.54, 1.807) is 36.9 Å². The topological polar surface area (TPSA) is 68.3 Å². The summed E-state index contributed by atoms with van der Waals surface area (Å²) in [7, 11) is 0. The molecular weight excluding hydrogens is 384 g/mol. The van der Waals surface area contributed by atoms with Crippen LogP contribution in [0.4, 0.5) is 0 Å². The van der Waals surface area contributed by atoms with Gasteiger partial charge in [-0.25, -0.2) is 9.97 Å². The molecule has 7 heteroatoms.